The Balaban J connectivity index is 1.24. The molecule has 2 saturated carbocycles. The highest BCUT2D eigenvalue weighted by Gasteiger charge is 2.62. The van der Waals surface area contributed by atoms with Gasteiger partial charge >= 0.3 is 12.3 Å². The van der Waals surface area contributed by atoms with Crippen LogP contribution >= 0.6 is 0 Å². The second kappa shape index (κ2) is 14.7. The Morgan fingerprint density at radius 1 is 1.06 bits per heavy atom. The maximum Gasteiger partial charge on any atom is 0.410 e. The number of nitrogens with zero attached hydrogens (tertiary/aromatic N) is 2. The molecule has 1 aromatic rings. The lowest BCUT2D eigenvalue weighted by Gasteiger charge is -2.30. The molecule has 3 N–H and O–H groups in total. The van der Waals surface area contributed by atoms with Gasteiger partial charge < -0.3 is 20.3 Å². The van der Waals surface area contributed by atoms with Gasteiger partial charge in [0.1, 0.15) is 29.5 Å². The lowest BCUT2D eigenvalue weighted by atomic mass is 10.0. The highest BCUT2D eigenvalue weighted by molar-refractivity contribution is 7.91. The van der Waals surface area contributed by atoms with Crippen LogP contribution in [0, 0.1) is 11.7 Å². The van der Waals surface area contributed by atoms with Crippen LogP contribution < -0.4 is 15.4 Å². The smallest absolute Gasteiger partial charge is 0.410 e. The molecule has 0 radical (unpaired) electrons. The first-order valence-corrected chi connectivity index (χ1v) is 19.0. The minimum absolute atomic E-state index is 0.0567. The summed E-state index contributed by atoms with van der Waals surface area (Å²) < 4.78 is 86.2. The van der Waals surface area contributed by atoms with Gasteiger partial charge in [-0.1, -0.05) is 37.1 Å². The number of ether oxygens (including phenoxy) is 1. The van der Waals surface area contributed by atoms with Gasteiger partial charge in [-0.25, -0.2) is 17.6 Å². The highest BCUT2D eigenvalue weighted by Crippen LogP contribution is 2.46. The number of hydrogen-bond donors (Lipinski definition) is 3. The summed E-state index contributed by atoms with van der Waals surface area (Å²) in [4.78, 5) is 70.0. The molecule has 3 fully saturated rings. The van der Waals surface area contributed by atoms with Gasteiger partial charge in [0, 0.05) is 30.9 Å². The highest BCUT2D eigenvalue weighted by atomic mass is 32.2. The number of fused-ring (bicyclic) bond motifs is 3. The van der Waals surface area contributed by atoms with Crippen LogP contribution in [0.1, 0.15) is 81.8 Å². The van der Waals surface area contributed by atoms with Gasteiger partial charge in [-0.15, -0.1) is 0 Å². The van der Waals surface area contributed by atoms with Crippen molar-refractivity contribution in [2.75, 3.05) is 6.54 Å². The fraction of sp³-hybridized carbons (Fsp3) is 0.618. The molecule has 5 amide bonds. The van der Waals surface area contributed by atoms with Crippen molar-refractivity contribution in [1.82, 2.24) is 25.2 Å². The number of hydrogen-bond acceptors (Lipinski definition) is 8. The lowest BCUT2D eigenvalue weighted by Crippen LogP contribution is -2.58. The predicted octanol–water partition coefficient (Wildman–Crippen LogP) is 3.08. The Bertz CT molecular complexity index is 1750. The third kappa shape index (κ3) is 8.52. The average molecular weight is 756 g/mol. The molecule has 0 spiro atoms. The van der Waals surface area contributed by atoms with Crippen LogP contribution in [-0.4, -0.2) is 89.6 Å². The second-order valence-electron chi connectivity index (χ2n) is 14.2. The number of halogens is 4. The predicted molar refractivity (Wildman–Crippen MR) is 175 cm³/mol. The van der Waals surface area contributed by atoms with Gasteiger partial charge in [-0.2, -0.15) is 13.2 Å². The van der Waals surface area contributed by atoms with E-state index in [1.807, 2.05) is 6.08 Å². The van der Waals surface area contributed by atoms with E-state index < -0.39 is 99.5 Å². The van der Waals surface area contributed by atoms with E-state index in [2.05, 4.69) is 15.4 Å². The molecule has 1 saturated heterocycles. The van der Waals surface area contributed by atoms with Gasteiger partial charge in [-0.05, 0) is 50.2 Å². The average Bonchev–Trinajstić information content (AvgIpc) is 3.96. The van der Waals surface area contributed by atoms with Crippen molar-refractivity contribution in [3.05, 3.63) is 47.3 Å². The molecule has 0 aromatic heterocycles. The van der Waals surface area contributed by atoms with E-state index in [-0.39, 0.29) is 38.9 Å². The van der Waals surface area contributed by atoms with Crippen LogP contribution in [0.5, 0.6) is 0 Å². The lowest BCUT2D eigenvalue weighted by molar-refractivity contribution is -0.146. The molecule has 0 unspecified atom stereocenters. The van der Waals surface area contributed by atoms with Crippen LogP contribution in [0.15, 0.2) is 30.4 Å². The molecule has 5 atom stereocenters. The fourth-order valence-electron chi connectivity index (χ4n) is 7.10. The largest absolute Gasteiger partial charge is 0.444 e. The first-order valence-electron chi connectivity index (χ1n) is 17.5. The Kier molecular flexibility index (Phi) is 10.6. The SMILES string of the molecule is O=C(CCC(F)(F)F)N[C@H]1CCCCC/C=C/[C@@H]2C[C@@]2(C(=O)NS(=O)(=O)C2CC2)NC(=O)[C@@H]2C[C@@H](OC(=O)N3Cc4cccc(F)c4C3)CN2C1=O. The Labute approximate surface area is 297 Å². The van der Waals surface area contributed by atoms with E-state index in [1.54, 1.807) is 12.1 Å². The number of benzene rings is 1. The molecule has 284 valence electrons. The van der Waals surface area contributed by atoms with Crippen molar-refractivity contribution in [1.29, 1.82) is 0 Å². The Hall–Kier alpha value is -4.22. The summed E-state index contributed by atoms with van der Waals surface area (Å²) in [7, 11) is -3.98. The van der Waals surface area contributed by atoms with Crippen molar-refractivity contribution in [2.45, 2.75) is 119 Å². The molecular formula is C34H41F4N5O8S. The van der Waals surface area contributed by atoms with Crippen molar-refractivity contribution < 1.29 is 54.7 Å². The minimum atomic E-state index is -4.60. The first-order chi connectivity index (χ1) is 24.6. The summed E-state index contributed by atoms with van der Waals surface area (Å²) in [5.74, 6) is -4.58. The zero-order chi connectivity index (χ0) is 37.4. The molecule has 2 aliphatic carbocycles. The number of alkyl halides is 3. The van der Waals surface area contributed by atoms with E-state index >= 15 is 0 Å². The monoisotopic (exact) mass is 755 g/mol. The van der Waals surface area contributed by atoms with Crippen molar-refractivity contribution in [2.24, 2.45) is 5.92 Å². The summed E-state index contributed by atoms with van der Waals surface area (Å²) in [5, 5.41) is 4.38. The Morgan fingerprint density at radius 3 is 2.54 bits per heavy atom. The summed E-state index contributed by atoms with van der Waals surface area (Å²) in [6.07, 6.45) is -2.35. The van der Waals surface area contributed by atoms with Crippen LogP contribution in [-0.2, 0) is 47.0 Å². The number of amides is 5. The molecule has 5 aliphatic rings. The molecule has 3 heterocycles. The van der Waals surface area contributed by atoms with E-state index in [0.717, 1.165) is 4.90 Å². The van der Waals surface area contributed by atoms with Crippen LogP contribution in [0.4, 0.5) is 22.4 Å². The number of carbonyl (C=O) groups is 5. The standard InChI is InChI=1S/C34H41F4N5O8S/c35-25-9-6-7-20-17-42(19-24(20)25)32(48)51-22-15-27-29(45)40-33(31(47)41-52(49,50)23-11-12-23)16-21(33)8-4-2-1-3-5-10-26(30(46)43(27)18-22)39-28(44)13-14-34(36,37)38/h4,6-9,21-23,26-27H,1-3,5,10-19H2,(H,39,44)(H,40,45)(H,41,47)/b8-4+/t21-,22-,26+,27+,33-/m1/s1. The van der Waals surface area contributed by atoms with E-state index in [9.17, 15) is 50.0 Å². The van der Waals surface area contributed by atoms with Crippen LogP contribution in [0.25, 0.3) is 0 Å². The van der Waals surface area contributed by atoms with E-state index in [4.69, 9.17) is 4.74 Å². The number of allylic oxidation sites excluding steroid dienone is 1. The quantitative estimate of drug-likeness (QED) is 0.282. The number of carbonyl (C=O) groups excluding carboxylic acids is 5. The minimum Gasteiger partial charge on any atom is -0.444 e. The van der Waals surface area contributed by atoms with Gasteiger partial charge in [0.05, 0.1) is 24.8 Å². The third-order valence-electron chi connectivity index (χ3n) is 10.3. The van der Waals surface area contributed by atoms with Gasteiger partial charge in [-0.3, -0.25) is 28.8 Å². The number of sulfonamides is 1. The zero-order valence-corrected chi connectivity index (χ0v) is 29.1. The zero-order valence-electron chi connectivity index (χ0n) is 28.3. The van der Waals surface area contributed by atoms with Crippen molar-refractivity contribution in [3.63, 3.8) is 0 Å². The molecule has 13 nitrogen and oxygen atoms in total. The van der Waals surface area contributed by atoms with Crippen LogP contribution in [0.3, 0.4) is 0 Å². The topological polar surface area (TPSA) is 171 Å². The van der Waals surface area contributed by atoms with Gasteiger partial charge in [0.2, 0.25) is 27.7 Å². The number of rotatable bonds is 7. The molecule has 6 rings (SSSR count). The summed E-state index contributed by atoms with van der Waals surface area (Å²) >= 11 is 0. The van der Waals surface area contributed by atoms with Gasteiger partial charge in [0.25, 0.3) is 5.91 Å². The molecule has 3 aliphatic heterocycles. The second-order valence-corrected chi connectivity index (χ2v) is 16.2. The first kappa shape index (κ1) is 37.5. The van der Waals surface area contributed by atoms with Crippen LogP contribution in [0.2, 0.25) is 0 Å². The number of nitrogens with one attached hydrogen (secondary N) is 3. The molecule has 18 heteroatoms. The fourth-order valence-corrected chi connectivity index (χ4v) is 8.46. The van der Waals surface area contributed by atoms with E-state index in [0.29, 0.717) is 49.7 Å². The summed E-state index contributed by atoms with van der Waals surface area (Å²) in [6, 6.07) is 1.78. The molecule has 52 heavy (non-hydrogen) atoms. The van der Waals surface area contributed by atoms with Crippen molar-refractivity contribution in [3.8, 4) is 0 Å². The summed E-state index contributed by atoms with van der Waals surface area (Å²) in [5.41, 5.74) is -0.719. The normalized spacial score (nSPS) is 28.7. The summed E-state index contributed by atoms with van der Waals surface area (Å²) in [6.45, 7) is -0.332. The molecule has 0 bridgehead atoms. The molecule has 1 aromatic carbocycles. The van der Waals surface area contributed by atoms with Crippen molar-refractivity contribution >= 4 is 39.7 Å². The maximum absolute atomic E-state index is 14.4. The molecular weight excluding hydrogens is 714 g/mol. The van der Waals surface area contributed by atoms with E-state index in [1.165, 1.54) is 17.0 Å². The third-order valence-corrected chi connectivity index (χ3v) is 12.1. The Morgan fingerprint density at radius 2 is 1.83 bits per heavy atom. The van der Waals surface area contributed by atoms with Gasteiger partial charge in [0.15, 0.2) is 0 Å². The maximum atomic E-state index is 14.4.